The molecule has 2 nitrogen and oxygen atoms in total. The van der Waals surface area contributed by atoms with E-state index in [1.165, 1.54) is 36.8 Å². The Kier molecular flexibility index (Phi) is 6.59. The van der Waals surface area contributed by atoms with Crippen molar-refractivity contribution in [3.8, 4) is 16.9 Å². The van der Waals surface area contributed by atoms with E-state index in [-0.39, 0.29) is 0 Å². The van der Waals surface area contributed by atoms with Gasteiger partial charge in [0.25, 0.3) is 0 Å². The second-order valence-corrected chi connectivity index (χ2v) is 9.18. The van der Waals surface area contributed by atoms with Gasteiger partial charge in [-0.2, -0.15) is 0 Å². The SMILES string of the molecule is CCOc1c(/C=N/C2CCC(C(C)(C)C)CC2)cc(C)cc1-c1ccccc1. The number of rotatable bonds is 5. The molecule has 1 fully saturated rings. The first-order valence-corrected chi connectivity index (χ1v) is 10.7. The summed E-state index contributed by atoms with van der Waals surface area (Å²) in [6.45, 7) is 12.0. The fourth-order valence-electron chi connectivity index (χ4n) is 4.31. The number of aliphatic imine (C=N–C) groups is 1. The van der Waals surface area contributed by atoms with Crippen LogP contribution in [0, 0.1) is 18.3 Å². The van der Waals surface area contributed by atoms with Crippen molar-refractivity contribution in [3.05, 3.63) is 53.6 Å². The number of nitrogens with zero attached hydrogens (tertiary/aromatic N) is 1. The molecule has 0 aromatic heterocycles. The summed E-state index contributed by atoms with van der Waals surface area (Å²) >= 11 is 0. The molecule has 2 heteroatoms. The van der Waals surface area contributed by atoms with E-state index in [1.54, 1.807) is 0 Å². The summed E-state index contributed by atoms with van der Waals surface area (Å²) in [5.41, 5.74) is 5.09. The van der Waals surface area contributed by atoms with Crippen LogP contribution in [0.1, 0.15) is 64.5 Å². The summed E-state index contributed by atoms with van der Waals surface area (Å²) in [6, 6.07) is 15.3. The minimum atomic E-state index is 0.415. The van der Waals surface area contributed by atoms with Crippen LogP contribution < -0.4 is 4.74 Å². The standard InChI is InChI=1S/C26H35NO/c1-6-28-25-21(16-19(2)17-24(25)20-10-8-7-9-11-20)18-27-23-14-12-22(13-15-23)26(3,4)5/h7-11,16-18,22-23H,6,12-15H2,1-5H3/b27-18+. The van der Waals surface area contributed by atoms with Gasteiger partial charge in [-0.1, -0.05) is 51.1 Å². The molecule has 1 saturated carbocycles. The third kappa shape index (κ3) is 5.04. The van der Waals surface area contributed by atoms with Gasteiger partial charge >= 0.3 is 0 Å². The van der Waals surface area contributed by atoms with Crippen molar-refractivity contribution in [1.29, 1.82) is 0 Å². The number of benzene rings is 2. The molecule has 150 valence electrons. The Hall–Kier alpha value is -2.09. The van der Waals surface area contributed by atoms with E-state index in [1.807, 2.05) is 6.92 Å². The molecule has 0 radical (unpaired) electrons. The molecule has 1 aliphatic rings. The van der Waals surface area contributed by atoms with Crippen LogP contribution in [0.2, 0.25) is 0 Å². The molecule has 0 heterocycles. The van der Waals surface area contributed by atoms with Gasteiger partial charge in [-0.25, -0.2) is 0 Å². The Morgan fingerprint density at radius 2 is 1.71 bits per heavy atom. The first-order chi connectivity index (χ1) is 13.4. The molecule has 2 aromatic rings. The molecule has 0 bridgehead atoms. The van der Waals surface area contributed by atoms with Gasteiger partial charge in [-0.3, -0.25) is 4.99 Å². The van der Waals surface area contributed by atoms with Gasteiger partial charge in [0.15, 0.2) is 0 Å². The van der Waals surface area contributed by atoms with E-state index < -0.39 is 0 Å². The van der Waals surface area contributed by atoms with Crippen LogP contribution in [-0.4, -0.2) is 18.9 Å². The highest BCUT2D eigenvalue weighted by Gasteiger charge is 2.29. The quantitative estimate of drug-likeness (QED) is 0.510. The average Bonchev–Trinajstić information content (AvgIpc) is 2.68. The summed E-state index contributed by atoms with van der Waals surface area (Å²) in [5, 5.41) is 0. The molecule has 0 aliphatic heterocycles. The van der Waals surface area contributed by atoms with E-state index in [0.717, 1.165) is 22.8 Å². The third-order valence-corrected chi connectivity index (χ3v) is 5.98. The Morgan fingerprint density at radius 1 is 1.04 bits per heavy atom. The number of aryl methyl sites for hydroxylation is 1. The van der Waals surface area contributed by atoms with E-state index in [4.69, 9.17) is 9.73 Å². The molecule has 0 saturated heterocycles. The van der Waals surface area contributed by atoms with Gasteiger partial charge in [0, 0.05) is 23.4 Å². The van der Waals surface area contributed by atoms with Crippen LogP contribution in [0.4, 0.5) is 0 Å². The van der Waals surface area contributed by atoms with E-state index in [2.05, 4.69) is 76.4 Å². The molecule has 28 heavy (non-hydrogen) atoms. The molecule has 0 unspecified atom stereocenters. The lowest BCUT2D eigenvalue weighted by atomic mass is 9.71. The summed E-state index contributed by atoms with van der Waals surface area (Å²) < 4.78 is 6.09. The highest BCUT2D eigenvalue weighted by Crippen LogP contribution is 2.39. The maximum Gasteiger partial charge on any atom is 0.135 e. The van der Waals surface area contributed by atoms with Crippen LogP contribution in [0.3, 0.4) is 0 Å². The fourth-order valence-corrected chi connectivity index (χ4v) is 4.31. The van der Waals surface area contributed by atoms with E-state index in [0.29, 0.717) is 18.1 Å². The van der Waals surface area contributed by atoms with Gasteiger partial charge in [0.2, 0.25) is 0 Å². The Morgan fingerprint density at radius 3 is 2.32 bits per heavy atom. The molecule has 3 rings (SSSR count). The van der Waals surface area contributed by atoms with Crippen molar-refractivity contribution >= 4 is 6.21 Å². The topological polar surface area (TPSA) is 21.6 Å². The highest BCUT2D eigenvalue weighted by molar-refractivity contribution is 5.89. The van der Waals surface area contributed by atoms with Crippen molar-refractivity contribution < 1.29 is 4.74 Å². The predicted molar refractivity (Wildman–Crippen MR) is 121 cm³/mol. The molecule has 1 aliphatic carbocycles. The molecular weight excluding hydrogens is 342 g/mol. The minimum Gasteiger partial charge on any atom is -0.493 e. The summed E-state index contributed by atoms with van der Waals surface area (Å²) in [6.07, 6.45) is 7.02. The largest absolute Gasteiger partial charge is 0.493 e. The first kappa shape index (κ1) is 20.6. The van der Waals surface area contributed by atoms with Gasteiger partial charge in [0.05, 0.1) is 6.61 Å². The van der Waals surface area contributed by atoms with Crippen molar-refractivity contribution in [1.82, 2.24) is 0 Å². The van der Waals surface area contributed by atoms with Crippen molar-refractivity contribution in [3.63, 3.8) is 0 Å². The van der Waals surface area contributed by atoms with Crippen molar-refractivity contribution in [2.24, 2.45) is 16.3 Å². The lowest BCUT2D eigenvalue weighted by molar-refractivity contribution is 0.170. The molecule has 0 atom stereocenters. The van der Waals surface area contributed by atoms with Gasteiger partial charge in [-0.15, -0.1) is 0 Å². The lowest BCUT2D eigenvalue weighted by Crippen LogP contribution is -2.27. The zero-order chi connectivity index (χ0) is 20.1. The van der Waals surface area contributed by atoms with Crippen molar-refractivity contribution in [2.75, 3.05) is 6.61 Å². The third-order valence-electron chi connectivity index (χ3n) is 5.98. The molecule has 0 spiro atoms. The lowest BCUT2D eigenvalue weighted by Gasteiger charge is -2.35. The minimum absolute atomic E-state index is 0.415. The maximum absolute atomic E-state index is 6.09. The van der Waals surface area contributed by atoms with Crippen LogP contribution in [-0.2, 0) is 0 Å². The summed E-state index contributed by atoms with van der Waals surface area (Å²) in [5.74, 6) is 1.77. The average molecular weight is 378 g/mol. The number of hydrogen-bond acceptors (Lipinski definition) is 2. The monoisotopic (exact) mass is 377 g/mol. The Balaban J connectivity index is 1.84. The van der Waals surface area contributed by atoms with Crippen molar-refractivity contribution in [2.45, 2.75) is 66.3 Å². The van der Waals surface area contributed by atoms with Crippen LogP contribution in [0.5, 0.6) is 5.75 Å². The zero-order valence-electron chi connectivity index (χ0n) is 18.2. The molecule has 2 aromatic carbocycles. The normalized spacial score (nSPS) is 20.5. The predicted octanol–water partition coefficient (Wildman–Crippen LogP) is 7.08. The number of ether oxygens (including phenoxy) is 1. The van der Waals surface area contributed by atoms with Crippen LogP contribution in [0.25, 0.3) is 11.1 Å². The van der Waals surface area contributed by atoms with Crippen LogP contribution >= 0.6 is 0 Å². The van der Waals surface area contributed by atoms with E-state index in [9.17, 15) is 0 Å². The molecule has 0 amide bonds. The van der Waals surface area contributed by atoms with Gasteiger partial charge in [-0.05, 0) is 74.1 Å². The maximum atomic E-state index is 6.09. The molecular formula is C26H35NO. The second kappa shape index (κ2) is 8.94. The van der Waals surface area contributed by atoms with E-state index >= 15 is 0 Å². The summed E-state index contributed by atoms with van der Waals surface area (Å²) in [4.78, 5) is 4.98. The van der Waals surface area contributed by atoms with Gasteiger partial charge in [0.1, 0.15) is 5.75 Å². The Bertz CT molecular complexity index is 793. The van der Waals surface area contributed by atoms with Gasteiger partial charge < -0.3 is 4.74 Å². The first-order valence-electron chi connectivity index (χ1n) is 10.7. The number of hydrogen-bond donors (Lipinski definition) is 0. The molecule has 0 N–H and O–H groups in total. The smallest absolute Gasteiger partial charge is 0.135 e. The fraction of sp³-hybridized carbons (Fsp3) is 0.500. The second-order valence-electron chi connectivity index (χ2n) is 9.18. The summed E-state index contributed by atoms with van der Waals surface area (Å²) in [7, 11) is 0. The Labute approximate surface area is 171 Å². The van der Waals surface area contributed by atoms with Crippen LogP contribution in [0.15, 0.2) is 47.5 Å². The zero-order valence-corrected chi connectivity index (χ0v) is 18.2. The highest BCUT2D eigenvalue weighted by atomic mass is 16.5.